The van der Waals surface area contributed by atoms with Gasteiger partial charge in [0.1, 0.15) is 6.04 Å². The molecule has 2 aliphatic rings. The molecule has 0 aromatic heterocycles. The molecule has 1 unspecified atom stereocenters. The van der Waals surface area contributed by atoms with Crippen LogP contribution in [0.5, 0.6) is 0 Å². The molecular weight excluding hydrogens is 280 g/mol. The zero-order chi connectivity index (χ0) is 15.7. The molecule has 22 heavy (non-hydrogen) atoms. The molecular formula is C17H22N2O3. The summed E-state index contributed by atoms with van der Waals surface area (Å²) in [6, 6.07) is 7.66. The van der Waals surface area contributed by atoms with Gasteiger partial charge in [0, 0.05) is 26.1 Å². The Labute approximate surface area is 130 Å². The fourth-order valence-electron chi connectivity index (χ4n) is 3.23. The minimum absolute atomic E-state index is 0.0190. The average Bonchev–Trinajstić information content (AvgIpc) is 3.08. The van der Waals surface area contributed by atoms with E-state index >= 15 is 0 Å². The van der Waals surface area contributed by atoms with Crippen molar-refractivity contribution in [3.8, 4) is 0 Å². The van der Waals surface area contributed by atoms with Gasteiger partial charge in [-0.1, -0.05) is 29.8 Å². The normalized spacial score (nSPS) is 25.1. The maximum absolute atomic E-state index is 12.6. The van der Waals surface area contributed by atoms with Gasteiger partial charge in [0.2, 0.25) is 11.8 Å². The molecule has 1 N–H and O–H groups in total. The van der Waals surface area contributed by atoms with Crippen molar-refractivity contribution in [3.05, 3.63) is 35.4 Å². The summed E-state index contributed by atoms with van der Waals surface area (Å²) in [5, 5.41) is 9.60. The molecule has 118 valence electrons. The van der Waals surface area contributed by atoms with Gasteiger partial charge in [-0.3, -0.25) is 9.59 Å². The van der Waals surface area contributed by atoms with Crippen molar-refractivity contribution in [2.75, 3.05) is 13.1 Å². The molecule has 0 aliphatic carbocycles. The number of amides is 2. The van der Waals surface area contributed by atoms with Crippen molar-refractivity contribution >= 4 is 11.8 Å². The van der Waals surface area contributed by atoms with Gasteiger partial charge in [-0.05, 0) is 25.3 Å². The Morgan fingerprint density at radius 1 is 1.27 bits per heavy atom. The third-order valence-electron chi connectivity index (χ3n) is 4.56. The third-order valence-corrected chi connectivity index (χ3v) is 4.56. The number of aliphatic hydroxyl groups is 1. The van der Waals surface area contributed by atoms with E-state index in [1.165, 1.54) is 5.56 Å². The molecule has 0 bridgehead atoms. The number of hydrogen-bond acceptors (Lipinski definition) is 3. The van der Waals surface area contributed by atoms with Crippen molar-refractivity contribution in [2.45, 2.75) is 44.9 Å². The van der Waals surface area contributed by atoms with E-state index in [0.717, 1.165) is 5.56 Å². The second-order valence-corrected chi connectivity index (χ2v) is 6.29. The van der Waals surface area contributed by atoms with Crippen LogP contribution in [0.4, 0.5) is 0 Å². The zero-order valence-corrected chi connectivity index (χ0v) is 12.9. The minimum atomic E-state index is -0.424. The largest absolute Gasteiger partial charge is 0.391 e. The van der Waals surface area contributed by atoms with Crippen LogP contribution in [0.25, 0.3) is 0 Å². The fourth-order valence-corrected chi connectivity index (χ4v) is 3.23. The number of aryl methyl sites for hydroxylation is 1. The summed E-state index contributed by atoms with van der Waals surface area (Å²) in [5.74, 6) is 0.0215. The van der Waals surface area contributed by atoms with Gasteiger partial charge in [0.15, 0.2) is 0 Å². The summed E-state index contributed by atoms with van der Waals surface area (Å²) in [6.45, 7) is 3.48. The topological polar surface area (TPSA) is 60.9 Å². The van der Waals surface area contributed by atoms with E-state index < -0.39 is 6.10 Å². The summed E-state index contributed by atoms with van der Waals surface area (Å²) >= 11 is 0. The van der Waals surface area contributed by atoms with E-state index in [1.807, 2.05) is 31.2 Å². The molecule has 1 aromatic rings. The maximum Gasteiger partial charge on any atom is 0.245 e. The fraction of sp³-hybridized carbons (Fsp3) is 0.529. The molecule has 0 radical (unpaired) electrons. The highest BCUT2D eigenvalue weighted by Crippen LogP contribution is 2.24. The molecule has 0 spiro atoms. The summed E-state index contributed by atoms with van der Waals surface area (Å²) in [5.41, 5.74) is 2.22. The lowest BCUT2D eigenvalue weighted by Crippen LogP contribution is -2.45. The van der Waals surface area contributed by atoms with E-state index in [0.29, 0.717) is 38.9 Å². The Morgan fingerprint density at radius 3 is 2.64 bits per heavy atom. The number of carbonyl (C=O) groups excluding carboxylic acids is 2. The van der Waals surface area contributed by atoms with Gasteiger partial charge in [0.05, 0.1) is 6.10 Å². The summed E-state index contributed by atoms with van der Waals surface area (Å²) < 4.78 is 0. The van der Waals surface area contributed by atoms with E-state index in [2.05, 4.69) is 0 Å². The number of likely N-dealkylation sites (tertiary alicyclic amines) is 2. The summed E-state index contributed by atoms with van der Waals surface area (Å²) in [7, 11) is 0. The molecule has 2 atom stereocenters. The van der Waals surface area contributed by atoms with Crippen molar-refractivity contribution in [2.24, 2.45) is 0 Å². The monoisotopic (exact) mass is 302 g/mol. The van der Waals surface area contributed by atoms with E-state index in [9.17, 15) is 14.7 Å². The molecule has 1 aromatic carbocycles. The van der Waals surface area contributed by atoms with Crippen molar-refractivity contribution in [3.63, 3.8) is 0 Å². The first-order valence-electron chi connectivity index (χ1n) is 7.86. The Morgan fingerprint density at radius 2 is 2.00 bits per heavy atom. The van der Waals surface area contributed by atoms with Crippen LogP contribution >= 0.6 is 0 Å². The Hall–Kier alpha value is -1.88. The van der Waals surface area contributed by atoms with Gasteiger partial charge < -0.3 is 14.9 Å². The molecule has 5 heteroatoms. The highest BCUT2D eigenvalue weighted by atomic mass is 16.3. The van der Waals surface area contributed by atoms with Crippen molar-refractivity contribution in [1.29, 1.82) is 0 Å². The standard InChI is InChI=1S/C17H22N2O3/c1-12-2-4-13(5-3-12)10-19-15(6-7-16(19)21)17(22)18-9-8-14(20)11-18/h2-5,14-15,20H,6-11H2,1H3/t14-,15?/m0/s1. The number of carbonyl (C=O) groups is 2. The SMILES string of the molecule is Cc1ccc(CN2C(=O)CCC2C(=O)N2CC[C@H](O)C2)cc1. The van der Waals surface area contributed by atoms with Crippen LogP contribution in [0.15, 0.2) is 24.3 Å². The lowest BCUT2D eigenvalue weighted by molar-refractivity contribution is -0.141. The van der Waals surface area contributed by atoms with Crippen molar-refractivity contribution < 1.29 is 14.7 Å². The Balaban J connectivity index is 1.71. The predicted octanol–water partition coefficient (Wildman–Crippen LogP) is 1.08. The first-order valence-corrected chi connectivity index (χ1v) is 7.86. The third kappa shape index (κ3) is 2.99. The first kappa shape index (κ1) is 15.0. The number of β-amino-alcohol motifs (C(OH)–C–C–N with tert-alkyl or cyclic N) is 1. The van der Waals surface area contributed by atoms with Crippen LogP contribution in [0.1, 0.15) is 30.4 Å². The van der Waals surface area contributed by atoms with Crippen LogP contribution in [0, 0.1) is 6.92 Å². The van der Waals surface area contributed by atoms with Crippen LogP contribution in [-0.2, 0) is 16.1 Å². The quantitative estimate of drug-likeness (QED) is 0.909. The average molecular weight is 302 g/mol. The lowest BCUT2D eigenvalue weighted by Gasteiger charge is -2.28. The zero-order valence-electron chi connectivity index (χ0n) is 12.9. The van der Waals surface area contributed by atoms with E-state index in [-0.39, 0.29) is 17.9 Å². The first-order chi connectivity index (χ1) is 10.5. The highest BCUT2D eigenvalue weighted by molar-refractivity contribution is 5.91. The smallest absolute Gasteiger partial charge is 0.245 e. The lowest BCUT2D eigenvalue weighted by atomic mass is 10.1. The van der Waals surface area contributed by atoms with Crippen LogP contribution < -0.4 is 0 Å². The minimum Gasteiger partial charge on any atom is -0.391 e. The molecule has 2 amide bonds. The van der Waals surface area contributed by atoms with Crippen LogP contribution in [0.3, 0.4) is 0 Å². The number of benzene rings is 1. The van der Waals surface area contributed by atoms with Crippen LogP contribution in [0.2, 0.25) is 0 Å². The number of hydrogen-bond donors (Lipinski definition) is 1. The maximum atomic E-state index is 12.6. The van der Waals surface area contributed by atoms with E-state index in [4.69, 9.17) is 0 Å². The Bertz CT molecular complexity index is 570. The molecule has 2 saturated heterocycles. The van der Waals surface area contributed by atoms with Gasteiger partial charge >= 0.3 is 0 Å². The number of aliphatic hydroxyl groups excluding tert-OH is 1. The van der Waals surface area contributed by atoms with Crippen molar-refractivity contribution in [1.82, 2.24) is 9.80 Å². The second kappa shape index (κ2) is 6.08. The summed E-state index contributed by atoms with van der Waals surface area (Å²) in [4.78, 5) is 28.1. The molecule has 5 nitrogen and oxygen atoms in total. The second-order valence-electron chi connectivity index (χ2n) is 6.29. The van der Waals surface area contributed by atoms with Gasteiger partial charge in [-0.15, -0.1) is 0 Å². The van der Waals surface area contributed by atoms with Gasteiger partial charge in [-0.2, -0.15) is 0 Å². The van der Waals surface area contributed by atoms with Crippen LogP contribution in [-0.4, -0.2) is 52.0 Å². The Kier molecular flexibility index (Phi) is 4.16. The molecule has 3 rings (SSSR count). The molecule has 2 fully saturated rings. The molecule has 2 aliphatic heterocycles. The summed E-state index contributed by atoms with van der Waals surface area (Å²) in [6.07, 6.45) is 1.21. The van der Waals surface area contributed by atoms with Gasteiger partial charge in [0.25, 0.3) is 0 Å². The van der Waals surface area contributed by atoms with Gasteiger partial charge in [-0.25, -0.2) is 0 Å². The predicted molar refractivity (Wildman–Crippen MR) is 82.0 cm³/mol. The number of nitrogens with zero attached hydrogens (tertiary/aromatic N) is 2. The number of rotatable bonds is 3. The molecule has 2 heterocycles. The van der Waals surface area contributed by atoms with E-state index in [1.54, 1.807) is 9.80 Å². The highest BCUT2D eigenvalue weighted by Gasteiger charge is 2.39. The molecule has 0 saturated carbocycles.